The molecule has 0 aromatic heterocycles. The summed E-state index contributed by atoms with van der Waals surface area (Å²) in [6.07, 6.45) is 3.01. The van der Waals surface area contributed by atoms with Crippen LogP contribution in [0.1, 0.15) is 6.42 Å². The Morgan fingerprint density at radius 1 is 1.56 bits per heavy atom. The quantitative estimate of drug-likeness (QED) is 0.475. The fraction of sp³-hybridized carbons (Fsp3) is 0.500. The van der Waals surface area contributed by atoms with Crippen LogP contribution in [0.5, 0.6) is 0 Å². The molecular formula is C6H9NO2. The van der Waals surface area contributed by atoms with E-state index >= 15 is 0 Å². The molecule has 0 unspecified atom stereocenters. The van der Waals surface area contributed by atoms with E-state index in [2.05, 4.69) is 4.99 Å². The standard InChI is InChI=1S/C6H9NO2/c8-6(9)5-3-1-2-4-7-5/h1,3,6,8-9H,2,4H2. The summed E-state index contributed by atoms with van der Waals surface area (Å²) in [5.41, 5.74) is 0.362. The van der Waals surface area contributed by atoms with Crippen molar-refractivity contribution in [1.82, 2.24) is 0 Å². The van der Waals surface area contributed by atoms with Crippen LogP contribution in [0.3, 0.4) is 0 Å². The number of aliphatic hydroxyl groups is 2. The lowest BCUT2D eigenvalue weighted by Crippen LogP contribution is -2.19. The Balaban J connectivity index is 2.58. The SMILES string of the molecule is OC(O)C1=NCCC=C1. The second-order valence-electron chi connectivity index (χ2n) is 1.87. The molecule has 0 bridgehead atoms. The van der Waals surface area contributed by atoms with Crippen LogP contribution in [0, 0.1) is 0 Å². The van der Waals surface area contributed by atoms with E-state index in [1.165, 1.54) is 0 Å². The van der Waals surface area contributed by atoms with Gasteiger partial charge in [-0.2, -0.15) is 0 Å². The van der Waals surface area contributed by atoms with E-state index < -0.39 is 6.29 Å². The van der Waals surface area contributed by atoms with Crippen LogP contribution >= 0.6 is 0 Å². The molecule has 0 fully saturated rings. The van der Waals surface area contributed by atoms with Gasteiger partial charge in [0.2, 0.25) is 0 Å². The third kappa shape index (κ3) is 1.62. The zero-order chi connectivity index (χ0) is 6.69. The van der Waals surface area contributed by atoms with Crippen LogP contribution in [0.15, 0.2) is 17.1 Å². The Kier molecular flexibility index (Phi) is 1.97. The van der Waals surface area contributed by atoms with Gasteiger partial charge in [-0.15, -0.1) is 0 Å². The highest BCUT2D eigenvalue weighted by atomic mass is 16.5. The van der Waals surface area contributed by atoms with Crippen molar-refractivity contribution in [2.45, 2.75) is 12.7 Å². The third-order valence-electron chi connectivity index (χ3n) is 1.14. The van der Waals surface area contributed by atoms with E-state index in [0.29, 0.717) is 12.3 Å². The molecule has 0 saturated carbocycles. The van der Waals surface area contributed by atoms with Gasteiger partial charge in [0.15, 0.2) is 6.29 Å². The Labute approximate surface area is 53.4 Å². The van der Waals surface area contributed by atoms with Gasteiger partial charge in [0.1, 0.15) is 0 Å². The van der Waals surface area contributed by atoms with Crippen molar-refractivity contribution in [1.29, 1.82) is 0 Å². The zero-order valence-corrected chi connectivity index (χ0v) is 4.99. The Bertz CT molecular complexity index is 149. The molecule has 1 aliphatic rings. The number of rotatable bonds is 1. The van der Waals surface area contributed by atoms with Crippen LogP contribution in [-0.2, 0) is 0 Å². The lowest BCUT2D eigenvalue weighted by molar-refractivity contribution is 0.0202. The summed E-state index contributed by atoms with van der Waals surface area (Å²) in [4.78, 5) is 3.86. The van der Waals surface area contributed by atoms with Gasteiger partial charge in [0.25, 0.3) is 0 Å². The van der Waals surface area contributed by atoms with E-state index in [9.17, 15) is 0 Å². The van der Waals surface area contributed by atoms with E-state index in [1.807, 2.05) is 6.08 Å². The minimum atomic E-state index is -1.40. The van der Waals surface area contributed by atoms with Crippen LogP contribution in [0.2, 0.25) is 0 Å². The minimum absolute atomic E-state index is 0.362. The molecular weight excluding hydrogens is 118 g/mol. The molecule has 0 aromatic rings. The van der Waals surface area contributed by atoms with Gasteiger partial charge in [0, 0.05) is 6.54 Å². The van der Waals surface area contributed by atoms with Crippen molar-refractivity contribution in [2.24, 2.45) is 4.99 Å². The van der Waals surface area contributed by atoms with Gasteiger partial charge in [-0.05, 0) is 12.5 Å². The first-order chi connectivity index (χ1) is 4.30. The smallest absolute Gasteiger partial charge is 0.195 e. The van der Waals surface area contributed by atoms with Gasteiger partial charge < -0.3 is 10.2 Å². The van der Waals surface area contributed by atoms with E-state index in [-0.39, 0.29) is 0 Å². The largest absolute Gasteiger partial charge is 0.363 e. The molecule has 2 N–H and O–H groups in total. The van der Waals surface area contributed by atoms with Crippen LogP contribution in [0.4, 0.5) is 0 Å². The first kappa shape index (κ1) is 6.45. The maximum atomic E-state index is 8.55. The molecule has 0 atom stereocenters. The fourth-order valence-electron chi connectivity index (χ4n) is 0.693. The van der Waals surface area contributed by atoms with E-state index in [0.717, 1.165) is 6.42 Å². The van der Waals surface area contributed by atoms with Crippen molar-refractivity contribution >= 4 is 5.71 Å². The average Bonchev–Trinajstić information content (AvgIpc) is 1.90. The lowest BCUT2D eigenvalue weighted by Gasteiger charge is -2.06. The lowest BCUT2D eigenvalue weighted by atomic mass is 10.2. The number of hydrogen-bond acceptors (Lipinski definition) is 3. The predicted molar refractivity (Wildman–Crippen MR) is 34.3 cm³/mol. The maximum absolute atomic E-state index is 8.55. The van der Waals surface area contributed by atoms with Crippen LogP contribution in [0.25, 0.3) is 0 Å². The number of nitrogens with zero attached hydrogens (tertiary/aromatic N) is 1. The Hall–Kier alpha value is -0.670. The molecule has 9 heavy (non-hydrogen) atoms. The predicted octanol–water partition coefficient (Wildman–Crippen LogP) is -0.302. The summed E-state index contributed by atoms with van der Waals surface area (Å²) in [5.74, 6) is 0. The zero-order valence-electron chi connectivity index (χ0n) is 4.99. The topological polar surface area (TPSA) is 52.8 Å². The van der Waals surface area contributed by atoms with Crippen LogP contribution < -0.4 is 0 Å². The summed E-state index contributed by atoms with van der Waals surface area (Å²) in [5, 5.41) is 17.1. The van der Waals surface area contributed by atoms with Gasteiger partial charge in [-0.1, -0.05) is 6.08 Å². The normalized spacial score (nSPS) is 18.3. The Morgan fingerprint density at radius 2 is 2.33 bits per heavy atom. The van der Waals surface area contributed by atoms with Gasteiger partial charge in [-0.25, -0.2) is 0 Å². The van der Waals surface area contributed by atoms with E-state index in [4.69, 9.17) is 10.2 Å². The monoisotopic (exact) mass is 127 g/mol. The third-order valence-corrected chi connectivity index (χ3v) is 1.14. The second kappa shape index (κ2) is 2.75. The molecule has 50 valence electrons. The average molecular weight is 127 g/mol. The Morgan fingerprint density at radius 3 is 2.67 bits per heavy atom. The van der Waals surface area contributed by atoms with Gasteiger partial charge in [0.05, 0.1) is 5.71 Å². The first-order valence-electron chi connectivity index (χ1n) is 2.88. The van der Waals surface area contributed by atoms with Crippen molar-refractivity contribution in [3.8, 4) is 0 Å². The summed E-state index contributed by atoms with van der Waals surface area (Å²) in [6, 6.07) is 0. The summed E-state index contributed by atoms with van der Waals surface area (Å²) in [6.45, 7) is 0.670. The van der Waals surface area contributed by atoms with Crippen molar-refractivity contribution in [3.63, 3.8) is 0 Å². The van der Waals surface area contributed by atoms with Crippen molar-refractivity contribution < 1.29 is 10.2 Å². The highest BCUT2D eigenvalue weighted by molar-refractivity contribution is 5.97. The number of hydrogen-bond donors (Lipinski definition) is 2. The van der Waals surface area contributed by atoms with Crippen molar-refractivity contribution in [3.05, 3.63) is 12.2 Å². The fourth-order valence-corrected chi connectivity index (χ4v) is 0.693. The molecule has 1 rings (SSSR count). The number of aliphatic hydroxyl groups excluding tert-OH is 1. The number of aliphatic imine (C=N–C) groups is 1. The maximum Gasteiger partial charge on any atom is 0.195 e. The number of dihydropyridines is 1. The van der Waals surface area contributed by atoms with Crippen LogP contribution in [-0.4, -0.2) is 28.8 Å². The summed E-state index contributed by atoms with van der Waals surface area (Å²) in [7, 11) is 0. The molecule has 1 heterocycles. The highest BCUT2D eigenvalue weighted by Crippen LogP contribution is 1.98. The first-order valence-corrected chi connectivity index (χ1v) is 2.88. The summed E-state index contributed by atoms with van der Waals surface area (Å²) < 4.78 is 0. The molecule has 0 aromatic carbocycles. The molecule has 0 spiro atoms. The highest BCUT2D eigenvalue weighted by Gasteiger charge is 2.05. The second-order valence-corrected chi connectivity index (χ2v) is 1.87. The molecule has 0 amide bonds. The van der Waals surface area contributed by atoms with Gasteiger partial charge in [-0.3, -0.25) is 4.99 Å². The summed E-state index contributed by atoms with van der Waals surface area (Å²) >= 11 is 0. The molecule has 1 aliphatic heterocycles. The van der Waals surface area contributed by atoms with E-state index in [1.54, 1.807) is 6.08 Å². The molecule has 0 radical (unpaired) electrons. The molecule has 3 nitrogen and oxygen atoms in total. The molecule has 0 saturated heterocycles. The van der Waals surface area contributed by atoms with Crippen molar-refractivity contribution in [2.75, 3.05) is 6.54 Å². The molecule has 0 aliphatic carbocycles. The molecule has 3 heteroatoms. The van der Waals surface area contributed by atoms with Gasteiger partial charge >= 0.3 is 0 Å². The minimum Gasteiger partial charge on any atom is -0.363 e.